The van der Waals surface area contributed by atoms with Crippen LogP contribution in [0.25, 0.3) is 5.69 Å². The molecular formula is C13H13Cl2N3O. The molecule has 19 heavy (non-hydrogen) atoms. The maximum Gasteiger partial charge on any atom is 0.231 e. The van der Waals surface area contributed by atoms with Gasteiger partial charge in [-0.25, -0.2) is 0 Å². The maximum absolute atomic E-state index is 10.7. The van der Waals surface area contributed by atoms with Gasteiger partial charge in [-0.3, -0.25) is 4.79 Å². The van der Waals surface area contributed by atoms with E-state index in [1.807, 2.05) is 29.0 Å². The van der Waals surface area contributed by atoms with Crippen LogP contribution in [0.5, 0.6) is 0 Å². The van der Waals surface area contributed by atoms with Crippen molar-refractivity contribution in [3.05, 3.63) is 52.3 Å². The Morgan fingerprint density at radius 1 is 1.32 bits per heavy atom. The summed E-state index contributed by atoms with van der Waals surface area (Å²) in [5.74, 6) is -0.386. The van der Waals surface area contributed by atoms with Crippen molar-refractivity contribution < 1.29 is 4.79 Å². The summed E-state index contributed by atoms with van der Waals surface area (Å²) in [6.07, 6.45) is 1.90. The monoisotopic (exact) mass is 297 g/mol. The number of halogens is 2. The number of nitrogens with one attached hydrogen (secondary N) is 1. The molecule has 1 amide bonds. The van der Waals surface area contributed by atoms with Crippen LogP contribution in [0.2, 0.25) is 10.0 Å². The van der Waals surface area contributed by atoms with Crippen LogP contribution in [0.1, 0.15) is 5.69 Å². The molecule has 0 unspecified atom stereocenters. The van der Waals surface area contributed by atoms with Crippen molar-refractivity contribution in [2.24, 2.45) is 5.73 Å². The molecule has 0 saturated heterocycles. The molecule has 0 radical (unpaired) electrons. The first kappa shape index (κ1) is 13.9. The number of rotatable bonds is 5. The minimum atomic E-state index is -0.386. The molecule has 0 aliphatic rings. The number of amides is 1. The van der Waals surface area contributed by atoms with Crippen LogP contribution in [0.4, 0.5) is 0 Å². The number of aromatic nitrogens is 1. The lowest BCUT2D eigenvalue weighted by atomic mass is 10.3. The molecule has 0 bridgehead atoms. The van der Waals surface area contributed by atoms with E-state index in [9.17, 15) is 4.79 Å². The third-order valence-corrected chi connectivity index (χ3v) is 3.15. The summed E-state index contributed by atoms with van der Waals surface area (Å²) >= 11 is 12.1. The Kier molecular flexibility index (Phi) is 4.47. The number of hydrogen-bond acceptors (Lipinski definition) is 2. The van der Waals surface area contributed by atoms with E-state index in [-0.39, 0.29) is 12.5 Å². The van der Waals surface area contributed by atoms with Crippen molar-refractivity contribution in [3.63, 3.8) is 0 Å². The third kappa shape index (κ3) is 3.50. The number of carbonyl (C=O) groups is 1. The van der Waals surface area contributed by atoms with Crippen LogP contribution >= 0.6 is 23.2 Å². The number of nitrogens with two attached hydrogens (primary N) is 1. The van der Waals surface area contributed by atoms with E-state index in [1.165, 1.54) is 0 Å². The van der Waals surface area contributed by atoms with E-state index in [4.69, 9.17) is 28.9 Å². The Hall–Kier alpha value is -1.49. The highest BCUT2D eigenvalue weighted by molar-refractivity contribution is 6.35. The van der Waals surface area contributed by atoms with Crippen LogP contribution in [0, 0.1) is 0 Å². The van der Waals surface area contributed by atoms with E-state index in [2.05, 4.69) is 5.32 Å². The Bertz CT molecular complexity index is 595. The van der Waals surface area contributed by atoms with Crippen LogP contribution in [-0.4, -0.2) is 17.0 Å². The molecule has 2 aromatic rings. The molecule has 6 heteroatoms. The Labute approximate surface area is 121 Å². The van der Waals surface area contributed by atoms with Crippen LogP contribution in [0.15, 0.2) is 36.5 Å². The second-order valence-electron chi connectivity index (χ2n) is 4.04. The molecule has 0 aliphatic carbocycles. The van der Waals surface area contributed by atoms with Gasteiger partial charge in [-0.15, -0.1) is 0 Å². The van der Waals surface area contributed by atoms with E-state index >= 15 is 0 Å². The minimum Gasteiger partial charge on any atom is -0.369 e. The van der Waals surface area contributed by atoms with Gasteiger partial charge in [0, 0.05) is 23.5 Å². The fourth-order valence-corrected chi connectivity index (χ4v) is 2.29. The average molecular weight is 298 g/mol. The van der Waals surface area contributed by atoms with Crippen LogP contribution < -0.4 is 11.1 Å². The smallest absolute Gasteiger partial charge is 0.231 e. The molecule has 1 aromatic heterocycles. The second kappa shape index (κ2) is 6.10. The first-order valence-electron chi connectivity index (χ1n) is 5.68. The molecule has 1 aromatic carbocycles. The molecule has 0 fully saturated rings. The topological polar surface area (TPSA) is 60.1 Å². The van der Waals surface area contributed by atoms with Crippen molar-refractivity contribution >= 4 is 29.1 Å². The van der Waals surface area contributed by atoms with E-state index < -0.39 is 0 Å². The molecule has 4 nitrogen and oxygen atoms in total. The van der Waals surface area contributed by atoms with E-state index in [1.54, 1.807) is 12.1 Å². The highest BCUT2D eigenvalue weighted by Gasteiger charge is 2.07. The van der Waals surface area contributed by atoms with Crippen molar-refractivity contribution in [3.8, 4) is 5.69 Å². The lowest BCUT2D eigenvalue weighted by Gasteiger charge is -2.11. The summed E-state index contributed by atoms with van der Waals surface area (Å²) in [6, 6.07) is 9.18. The standard InChI is InChI=1S/C13H13Cl2N3O/c14-9-3-4-12(11(15)6-9)18-5-1-2-10(18)7-17-8-13(16)19/h1-6,17H,7-8H2,(H2,16,19). The fraction of sp³-hybridized carbons (Fsp3) is 0.154. The van der Waals surface area contributed by atoms with Crippen molar-refractivity contribution in [2.75, 3.05) is 6.54 Å². The van der Waals surface area contributed by atoms with Crippen LogP contribution in [0.3, 0.4) is 0 Å². The SMILES string of the molecule is NC(=O)CNCc1cccn1-c1ccc(Cl)cc1Cl. The minimum absolute atomic E-state index is 0.138. The summed E-state index contributed by atoms with van der Waals surface area (Å²) in [7, 11) is 0. The van der Waals surface area contributed by atoms with E-state index in [0.717, 1.165) is 11.4 Å². The Morgan fingerprint density at radius 3 is 2.79 bits per heavy atom. The highest BCUT2D eigenvalue weighted by atomic mass is 35.5. The normalized spacial score (nSPS) is 10.6. The van der Waals surface area contributed by atoms with Crippen molar-refractivity contribution in [1.82, 2.24) is 9.88 Å². The molecular weight excluding hydrogens is 285 g/mol. The number of primary amides is 1. The number of nitrogens with zero attached hydrogens (tertiary/aromatic N) is 1. The average Bonchev–Trinajstić information content (AvgIpc) is 2.77. The van der Waals surface area contributed by atoms with Gasteiger partial charge in [-0.2, -0.15) is 0 Å². The Morgan fingerprint density at radius 2 is 2.11 bits per heavy atom. The van der Waals surface area contributed by atoms with Gasteiger partial charge in [0.1, 0.15) is 0 Å². The molecule has 0 spiro atoms. The largest absolute Gasteiger partial charge is 0.369 e. The molecule has 100 valence electrons. The Balaban J connectivity index is 2.21. The van der Waals surface area contributed by atoms with Gasteiger partial charge < -0.3 is 15.6 Å². The summed E-state index contributed by atoms with van der Waals surface area (Å²) in [5, 5.41) is 4.12. The van der Waals surface area contributed by atoms with Gasteiger partial charge in [-0.1, -0.05) is 23.2 Å². The highest BCUT2D eigenvalue weighted by Crippen LogP contribution is 2.25. The van der Waals surface area contributed by atoms with Gasteiger partial charge in [-0.05, 0) is 30.3 Å². The molecule has 2 rings (SSSR count). The summed E-state index contributed by atoms with van der Waals surface area (Å²) < 4.78 is 1.94. The van der Waals surface area contributed by atoms with Crippen LogP contribution in [-0.2, 0) is 11.3 Å². The van der Waals surface area contributed by atoms with Crippen molar-refractivity contribution in [2.45, 2.75) is 6.54 Å². The van der Waals surface area contributed by atoms with Gasteiger partial charge in [0.25, 0.3) is 0 Å². The molecule has 0 atom stereocenters. The molecule has 0 saturated carbocycles. The molecule has 1 heterocycles. The molecule has 3 N–H and O–H groups in total. The third-order valence-electron chi connectivity index (χ3n) is 2.61. The van der Waals surface area contributed by atoms with Gasteiger partial charge in [0.15, 0.2) is 0 Å². The second-order valence-corrected chi connectivity index (χ2v) is 4.88. The number of hydrogen-bond donors (Lipinski definition) is 2. The predicted molar refractivity (Wildman–Crippen MR) is 76.7 cm³/mol. The number of carbonyl (C=O) groups excluding carboxylic acids is 1. The lowest BCUT2D eigenvalue weighted by Crippen LogP contribution is -2.28. The van der Waals surface area contributed by atoms with Gasteiger partial charge in [0.05, 0.1) is 17.3 Å². The fourth-order valence-electron chi connectivity index (χ4n) is 1.79. The van der Waals surface area contributed by atoms with Crippen molar-refractivity contribution in [1.29, 1.82) is 0 Å². The van der Waals surface area contributed by atoms with Gasteiger partial charge in [0.2, 0.25) is 5.91 Å². The molecule has 0 aliphatic heterocycles. The lowest BCUT2D eigenvalue weighted by molar-refractivity contribution is -0.117. The zero-order chi connectivity index (χ0) is 13.8. The first-order chi connectivity index (χ1) is 9.08. The zero-order valence-corrected chi connectivity index (χ0v) is 11.6. The quantitative estimate of drug-likeness (QED) is 0.890. The maximum atomic E-state index is 10.7. The summed E-state index contributed by atoms with van der Waals surface area (Å²) in [6.45, 7) is 0.661. The summed E-state index contributed by atoms with van der Waals surface area (Å²) in [5.41, 5.74) is 6.89. The predicted octanol–water partition coefficient (Wildman–Crippen LogP) is 2.36. The van der Waals surface area contributed by atoms with Gasteiger partial charge >= 0.3 is 0 Å². The first-order valence-corrected chi connectivity index (χ1v) is 6.44. The summed E-state index contributed by atoms with van der Waals surface area (Å²) in [4.78, 5) is 10.7. The number of benzene rings is 1. The van der Waals surface area contributed by atoms with E-state index in [0.29, 0.717) is 16.6 Å². The zero-order valence-electron chi connectivity index (χ0n) is 10.1.